The summed E-state index contributed by atoms with van der Waals surface area (Å²) in [6.07, 6.45) is 0. The topological polar surface area (TPSA) is 81.9 Å². The molecule has 0 saturated carbocycles. The zero-order valence-electron chi connectivity index (χ0n) is 10.7. The standard InChI is InChI=1S/C14H13FN2O3/c1-8(9-4-11(18)7-12(19)5-9)16-14-6-10(15)2-3-13(14)17-20/h2-8,16,18-19H,1H3. The second-order valence-corrected chi connectivity index (χ2v) is 4.40. The summed E-state index contributed by atoms with van der Waals surface area (Å²) in [5, 5.41) is 24.6. The summed E-state index contributed by atoms with van der Waals surface area (Å²) in [6.45, 7) is 1.74. The largest absolute Gasteiger partial charge is 0.508 e. The molecule has 0 amide bonds. The number of benzene rings is 2. The van der Waals surface area contributed by atoms with Crippen molar-refractivity contribution >= 4 is 11.4 Å². The van der Waals surface area contributed by atoms with Gasteiger partial charge in [0.05, 0.1) is 5.69 Å². The maximum Gasteiger partial charge on any atom is 0.131 e. The Labute approximate surface area is 114 Å². The summed E-state index contributed by atoms with van der Waals surface area (Å²) < 4.78 is 13.2. The maximum absolute atomic E-state index is 13.2. The van der Waals surface area contributed by atoms with Gasteiger partial charge in [0.25, 0.3) is 0 Å². The van der Waals surface area contributed by atoms with Gasteiger partial charge in [-0.15, -0.1) is 4.91 Å². The van der Waals surface area contributed by atoms with E-state index < -0.39 is 5.82 Å². The van der Waals surface area contributed by atoms with Crippen LogP contribution in [0.1, 0.15) is 18.5 Å². The number of phenolic OH excluding ortho intramolecular Hbond substituents is 2. The number of nitrogens with zero attached hydrogens (tertiary/aromatic N) is 1. The van der Waals surface area contributed by atoms with Crippen molar-refractivity contribution in [3.8, 4) is 11.5 Å². The molecule has 2 rings (SSSR count). The molecule has 5 nitrogen and oxygen atoms in total. The average molecular weight is 276 g/mol. The van der Waals surface area contributed by atoms with Crippen LogP contribution >= 0.6 is 0 Å². The normalized spacial score (nSPS) is 11.9. The number of rotatable bonds is 4. The average Bonchev–Trinajstić information content (AvgIpc) is 2.37. The molecular formula is C14H13FN2O3. The van der Waals surface area contributed by atoms with Crippen LogP contribution in [0.2, 0.25) is 0 Å². The van der Waals surface area contributed by atoms with E-state index in [-0.39, 0.29) is 28.9 Å². The van der Waals surface area contributed by atoms with E-state index >= 15 is 0 Å². The third-order valence-corrected chi connectivity index (χ3v) is 2.85. The van der Waals surface area contributed by atoms with Crippen LogP contribution in [-0.2, 0) is 0 Å². The van der Waals surface area contributed by atoms with Crippen molar-refractivity contribution in [1.29, 1.82) is 0 Å². The van der Waals surface area contributed by atoms with Crippen LogP contribution in [0.4, 0.5) is 15.8 Å². The van der Waals surface area contributed by atoms with Crippen LogP contribution in [-0.4, -0.2) is 10.2 Å². The third-order valence-electron chi connectivity index (χ3n) is 2.85. The first-order valence-electron chi connectivity index (χ1n) is 5.92. The zero-order valence-corrected chi connectivity index (χ0v) is 10.7. The fourth-order valence-corrected chi connectivity index (χ4v) is 1.89. The highest BCUT2D eigenvalue weighted by atomic mass is 19.1. The Kier molecular flexibility index (Phi) is 3.84. The Morgan fingerprint density at radius 1 is 1.15 bits per heavy atom. The second-order valence-electron chi connectivity index (χ2n) is 4.40. The van der Waals surface area contributed by atoms with Crippen molar-refractivity contribution in [2.75, 3.05) is 5.32 Å². The first-order valence-corrected chi connectivity index (χ1v) is 5.92. The van der Waals surface area contributed by atoms with Gasteiger partial charge in [-0.2, -0.15) is 0 Å². The van der Waals surface area contributed by atoms with Crippen LogP contribution in [0.15, 0.2) is 41.6 Å². The summed E-state index contributed by atoms with van der Waals surface area (Å²) in [7, 11) is 0. The molecule has 0 aliphatic rings. The van der Waals surface area contributed by atoms with Gasteiger partial charge in [0.15, 0.2) is 0 Å². The lowest BCUT2D eigenvalue weighted by atomic mass is 10.1. The monoisotopic (exact) mass is 276 g/mol. The zero-order chi connectivity index (χ0) is 14.7. The summed E-state index contributed by atoms with van der Waals surface area (Å²) >= 11 is 0. The minimum atomic E-state index is -0.495. The molecule has 20 heavy (non-hydrogen) atoms. The number of hydrogen-bond donors (Lipinski definition) is 3. The quantitative estimate of drug-likeness (QED) is 0.742. The maximum atomic E-state index is 13.2. The predicted octanol–water partition coefficient (Wildman–Crippen LogP) is 3.81. The molecule has 0 fully saturated rings. The molecule has 0 saturated heterocycles. The summed E-state index contributed by atoms with van der Waals surface area (Å²) in [5.74, 6) is -0.658. The van der Waals surface area contributed by atoms with Crippen LogP contribution < -0.4 is 5.32 Å². The minimum absolute atomic E-state index is 0.0818. The molecular weight excluding hydrogens is 263 g/mol. The van der Waals surface area contributed by atoms with Crippen molar-refractivity contribution in [2.45, 2.75) is 13.0 Å². The Morgan fingerprint density at radius 2 is 1.80 bits per heavy atom. The molecule has 0 bridgehead atoms. The van der Waals surface area contributed by atoms with Gasteiger partial charge < -0.3 is 15.5 Å². The molecule has 104 valence electrons. The highest BCUT2D eigenvalue weighted by molar-refractivity contribution is 5.66. The van der Waals surface area contributed by atoms with Gasteiger partial charge in [-0.3, -0.25) is 0 Å². The van der Waals surface area contributed by atoms with E-state index in [0.717, 1.165) is 12.1 Å². The van der Waals surface area contributed by atoms with Crippen LogP contribution in [0, 0.1) is 10.7 Å². The lowest BCUT2D eigenvalue weighted by Gasteiger charge is -2.17. The molecule has 6 heteroatoms. The smallest absolute Gasteiger partial charge is 0.131 e. The molecule has 0 spiro atoms. The van der Waals surface area contributed by atoms with Gasteiger partial charge in [-0.05, 0) is 48.0 Å². The van der Waals surface area contributed by atoms with E-state index in [1.807, 2.05) is 0 Å². The molecule has 1 atom stereocenters. The summed E-state index contributed by atoms with van der Waals surface area (Å²) in [4.78, 5) is 10.7. The molecule has 0 aliphatic carbocycles. The molecule has 2 aromatic carbocycles. The Hall–Kier alpha value is -2.63. The number of aromatic hydroxyl groups is 2. The summed E-state index contributed by atoms with van der Waals surface area (Å²) in [5.41, 5.74) is 0.918. The molecule has 1 unspecified atom stereocenters. The first-order chi connectivity index (χ1) is 9.49. The van der Waals surface area contributed by atoms with Crippen molar-refractivity contribution < 1.29 is 14.6 Å². The van der Waals surface area contributed by atoms with Crippen LogP contribution in [0.5, 0.6) is 11.5 Å². The van der Waals surface area contributed by atoms with E-state index in [0.29, 0.717) is 5.56 Å². The Morgan fingerprint density at radius 3 is 2.40 bits per heavy atom. The highest BCUT2D eigenvalue weighted by Gasteiger charge is 2.11. The number of halogens is 1. The van der Waals surface area contributed by atoms with Crippen molar-refractivity contribution in [3.05, 3.63) is 52.7 Å². The van der Waals surface area contributed by atoms with Gasteiger partial charge in [-0.1, -0.05) is 0 Å². The molecule has 0 aliphatic heterocycles. The number of anilines is 1. The second kappa shape index (κ2) is 5.56. The number of hydrogen-bond acceptors (Lipinski definition) is 5. The molecule has 3 N–H and O–H groups in total. The van der Waals surface area contributed by atoms with Gasteiger partial charge >= 0.3 is 0 Å². The third kappa shape index (κ3) is 3.03. The fraction of sp³-hybridized carbons (Fsp3) is 0.143. The molecule has 0 radical (unpaired) electrons. The van der Waals surface area contributed by atoms with E-state index in [1.165, 1.54) is 24.3 Å². The molecule has 2 aromatic rings. The lowest BCUT2D eigenvalue weighted by Crippen LogP contribution is -2.06. The minimum Gasteiger partial charge on any atom is -0.508 e. The predicted molar refractivity (Wildman–Crippen MR) is 73.7 cm³/mol. The first kappa shape index (κ1) is 13.8. The van der Waals surface area contributed by atoms with Gasteiger partial charge in [0, 0.05) is 12.1 Å². The van der Waals surface area contributed by atoms with Gasteiger partial charge in [-0.25, -0.2) is 4.39 Å². The number of nitrogens with one attached hydrogen (secondary N) is 1. The van der Waals surface area contributed by atoms with Crippen molar-refractivity contribution in [3.63, 3.8) is 0 Å². The fourth-order valence-electron chi connectivity index (χ4n) is 1.89. The van der Waals surface area contributed by atoms with Crippen LogP contribution in [0.3, 0.4) is 0 Å². The van der Waals surface area contributed by atoms with Gasteiger partial charge in [0.1, 0.15) is 23.0 Å². The van der Waals surface area contributed by atoms with E-state index in [2.05, 4.69) is 10.5 Å². The Balaban J connectivity index is 2.29. The summed E-state index contributed by atoms with van der Waals surface area (Å²) in [6, 6.07) is 7.35. The van der Waals surface area contributed by atoms with Crippen molar-refractivity contribution in [2.24, 2.45) is 5.18 Å². The van der Waals surface area contributed by atoms with Crippen LogP contribution in [0.25, 0.3) is 0 Å². The molecule has 0 heterocycles. The van der Waals surface area contributed by atoms with Crippen molar-refractivity contribution in [1.82, 2.24) is 0 Å². The van der Waals surface area contributed by atoms with Gasteiger partial charge in [0.2, 0.25) is 0 Å². The van der Waals surface area contributed by atoms with E-state index in [9.17, 15) is 19.5 Å². The van der Waals surface area contributed by atoms with E-state index in [4.69, 9.17) is 0 Å². The lowest BCUT2D eigenvalue weighted by molar-refractivity contribution is 0.448. The molecule has 0 aromatic heterocycles. The highest BCUT2D eigenvalue weighted by Crippen LogP contribution is 2.31. The SMILES string of the molecule is CC(Nc1cc(F)ccc1N=O)c1cc(O)cc(O)c1. The Bertz CT molecular complexity index is 626. The number of phenols is 2. The van der Waals surface area contributed by atoms with E-state index in [1.54, 1.807) is 6.92 Å². The number of nitroso groups, excluding NO2 is 1.